The lowest BCUT2D eigenvalue weighted by atomic mass is 10.1. The van der Waals surface area contributed by atoms with Gasteiger partial charge in [-0.05, 0) is 19.1 Å². The molecular formula is C17H23N5O. The lowest BCUT2D eigenvalue weighted by molar-refractivity contribution is 0.0953. The number of fused-ring (bicyclic) bond motifs is 1. The number of nitrogens with zero attached hydrogens (tertiary/aromatic N) is 2. The number of aryl methyl sites for hydroxylation is 1. The van der Waals surface area contributed by atoms with Crippen molar-refractivity contribution in [3.8, 4) is 0 Å². The molecule has 6 heteroatoms. The van der Waals surface area contributed by atoms with E-state index in [1.807, 2.05) is 48.1 Å². The van der Waals surface area contributed by atoms with Crippen molar-refractivity contribution in [2.45, 2.75) is 13.5 Å². The zero-order valence-electron chi connectivity index (χ0n) is 13.4. The van der Waals surface area contributed by atoms with Crippen LogP contribution in [-0.2, 0) is 6.54 Å². The molecule has 23 heavy (non-hydrogen) atoms. The third-order valence-corrected chi connectivity index (χ3v) is 4.02. The molecule has 3 rings (SSSR count). The van der Waals surface area contributed by atoms with Gasteiger partial charge in [0, 0.05) is 50.3 Å². The third kappa shape index (κ3) is 4.10. The third-order valence-electron chi connectivity index (χ3n) is 4.02. The molecule has 122 valence electrons. The molecule has 1 amide bonds. The van der Waals surface area contributed by atoms with Crippen LogP contribution in [0.2, 0.25) is 0 Å². The molecule has 0 spiro atoms. The molecule has 1 aliphatic rings. The Labute approximate surface area is 136 Å². The van der Waals surface area contributed by atoms with E-state index in [-0.39, 0.29) is 5.91 Å². The maximum atomic E-state index is 12.0. The molecule has 1 atom stereocenters. The number of aromatic nitrogens is 2. The van der Waals surface area contributed by atoms with Gasteiger partial charge in [0.15, 0.2) is 0 Å². The van der Waals surface area contributed by atoms with Crippen LogP contribution in [-0.4, -0.2) is 41.9 Å². The highest BCUT2D eigenvalue weighted by Gasteiger charge is 2.17. The van der Waals surface area contributed by atoms with E-state index >= 15 is 0 Å². The lowest BCUT2D eigenvalue weighted by Crippen LogP contribution is -2.38. The number of benzene rings is 1. The Bertz CT molecular complexity index is 667. The second kappa shape index (κ2) is 7.28. The standard InChI is InChI=1S/C17H23N5O/c1-13-3-2-4-15(9-13)17(23)19-8-7-18-10-14-11-20-16-5-6-21-22(16)12-14/h2-6,9,14,18,20H,7-8,10-12H2,1H3,(H,19,23)/t14-/m0/s1. The van der Waals surface area contributed by atoms with Gasteiger partial charge < -0.3 is 16.0 Å². The molecule has 0 aliphatic carbocycles. The number of anilines is 1. The van der Waals surface area contributed by atoms with Crippen molar-refractivity contribution in [3.63, 3.8) is 0 Å². The van der Waals surface area contributed by atoms with Gasteiger partial charge >= 0.3 is 0 Å². The Morgan fingerprint density at radius 2 is 2.30 bits per heavy atom. The predicted molar refractivity (Wildman–Crippen MR) is 90.6 cm³/mol. The number of nitrogens with one attached hydrogen (secondary N) is 3. The molecule has 6 nitrogen and oxygen atoms in total. The monoisotopic (exact) mass is 313 g/mol. The Hall–Kier alpha value is -2.34. The van der Waals surface area contributed by atoms with Crippen molar-refractivity contribution in [2.24, 2.45) is 5.92 Å². The summed E-state index contributed by atoms with van der Waals surface area (Å²) in [4.78, 5) is 12.0. The van der Waals surface area contributed by atoms with Crippen LogP contribution in [0.5, 0.6) is 0 Å². The van der Waals surface area contributed by atoms with E-state index in [4.69, 9.17) is 0 Å². The molecule has 0 saturated carbocycles. The second-order valence-corrected chi connectivity index (χ2v) is 5.97. The van der Waals surface area contributed by atoms with Crippen molar-refractivity contribution in [2.75, 3.05) is 31.5 Å². The highest BCUT2D eigenvalue weighted by Crippen LogP contribution is 2.15. The molecule has 3 N–H and O–H groups in total. The van der Waals surface area contributed by atoms with Crippen molar-refractivity contribution < 1.29 is 4.79 Å². The minimum atomic E-state index is -0.0176. The summed E-state index contributed by atoms with van der Waals surface area (Å²) in [5, 5.41) is 14.0. The zero-order valence-corrected chi connectivity index (χ0v) is 13.4. The van der Waals surface area contributed by atoms with E-state index in [0.717, 1.165) is 37.6 Å². The number of amides is 1. The van der Waals surface area contributed by atoms with Crippen LogP contribution in [0.1, 0.15) is 15.9 Å². The summed E-state index contributed by atoms with van der Waals surface area (Å²) in [6, 6.07) is 9.62. The van der Waals surface area contributed by atoms with Crippen LogP contribution in [0.25, 0.3) is 0 Å². The first-order valence-electron chi connectivity index (χ1n) is 8.03. The van der Waals surface area contributed by atoms with E-state index < -0.39 is 0 Å². The van der Waals surface area contributed by atoms with Gasteiger partial charge in [-0.1, -0.05) is 17.7 Å². The highest BCUT2D eigenvalue weighted by molar-refractivity contribution is 5.94. The highest BCUT2D eigenvalue weighted by atomic mass is 16.1. The molecule has 0 saturated heterocycles. The fourth-order valence-electron chi connectivity index (χ4n) is 2.78. The average Bonchev–Trinajstić information content (AvgIpc) is 3.02. The summed E-state index contributed by atoms with van der Waals surface area (Å²) in [6.45, 7) is 6.17. The van der Waals surface area contributed by atoms with Gasteiger partial charge in [0.1, 0.15) is 5.82 Å². The smallest absolute Gasteiger partial charge is 0.251 e. The summed E-state index contributed by atoms with van der Waals surface area (Å²) in [5.41, 5.74) is 1.81. The average molecular weight is 313 g/mol. The van der Waals surface area contributed by atoms with Gasteiger partial charge in [0.25, 0.3) is 5.91 Å². The van der Waals surface area contributed by atoms with Gasteiger partial charge in [-0.2, -0.15) is 5.10 Å². The summed E-state index contributed by atoms with van der Waals surface area (Å²) < 4.78 is 2.00. The van der Waals surface area contributed by atoms with E-state index in [2.05, 4.69) is 21.0 Å². The Morgan fingerprint density at radius 1 is 1.39 bits per heavy atom. The first-order valence-corrected chi connectivity index (χ1v) is 8.03. The summed E-state index contributed by atoms with van der Waals surface area (Å²) in [7, 11) is 0. The van der Waals surface area contributed by atoms with Gasteiger partial charge in [0.05, 0.1) is 6.20 Å². The number of rotatable bonds is 6. The van der Waals surface area contributed by atoms with Gasteiger partial charge in [-0.3, -0.25) is 4.79 Å². The quantitative estimate of drug-likeness (QED) is 0.702. The fourth-order valence-corrected chi connectivity index (χ4v) is 2.78. The topological polar surface area (TPSA) is 71.0 Å². The van der Waals surface area contributed by atoms with Gasteiger partial charge in [0.2, 0.25) is 0 Å². The zero-order chi connectivity index (χ0) is 16.1. The van der Waals surface area contributed by atoms with E-state index in [1.165, 1.54) is 0 Å². The Balaban J connectivity index is 1.34. The molecule has 0 unspecified atom stereocenters. The lowest BCUT2D eigenvalue weighted by Gasteiger charge is -2.25. The van der Waals surface area contributed by atoms with Crippen LogP contribution in [0.3, 0.4) is 0 Å². The van der Waals surface area contributed by atoms with Gasteiger partial charge in [-0.15, -0.1) is 0 Å². The molecule has 1 aromatic carbocycles. The normalized spacial score (nSPS) is 16.5. The number of hydrogen-bond acceptors (Lipinski definition) is 4. The summed E-state index contributed by atoms with van der Waals surface area (Å²) in [5.74, 6) is 1.58. The molecule has 0 fully saturated rings. The van der Waals surface area contributed by atoms with Gasteiger partial charge in [-0.25, -0.2) is 4.68 Å². The van der Waals surface area contributed by atoms with Crippen LogP contribution >= 0.6 is 0 Å². The molecular weight excluding hydrogens is 290 g/mol. The molecule has 2 aromatic rings. The van der Waals surface area contributed by atoms with Crippen molar-refractivity contribution in [1.82, 2.24) is 20.4 Å². The Kier molecular flexibility index (Phi) is 4.92. The van der Waals surface area contributed by atoms with Crippen molar-refractivity contribution in [3.05, 3.63) is 47.7 Å². The first kappa shape index (κ1) is 15.6. The molecule has 2 heterocycles. The summed E-state index contributed by atoms with van der Waals surface area (Å²) >= 11 is 0. The maximum Gasteiger partial charge on any atom is 0.251 e. The molecule has 1 aromatic heterocycles. The minimum Gasteiger partial charge on any atom is -0.370 e. The molecule has 1 aliphatic heterocycles. The predicted octanol–water partition coefficient (Wildman–Crippen LogP) is 1.25. The fraction of sp³-hybridized carbons (Fsp3) is 0.412. The number of carbonyl (C=O) groups excluding carboxylic acids is 1. The van der Waals surface area contributed by atoms with Crippen LogP contribution in [0.15, 0.2) is 36.5 Å². The van der Waals surface area contributed by atoms with Crippen molar-refractivity contribution in [1.29, 1.82) is 0 Å². The van der Waals surface area contributed by atoms with Crippen LogP contribution in [0, 0.1) is 12.8 Å². The largest absolute Gasteiger partial charge is 0.370 e. The van der Waals surface area contributed by atoms with E-state index in [1.54, 1.807) is 0 Å². The minimum absolute atomic E-state index is 0.0176. The van der Waals surface area contributed by atoms with E-state index in [0.29, 0.717) is 18.0 Å². The maximum absolute atomic E-state index is 12.0. The van der Waals surface area contributed by atoms with E-state index in [9.17, 15) is 4.79 Å². The molecule has 0 radical (unpaired) electrons. The van der Waals surface area contributed by atoms with Crippen molar-refractivity contribution >= 4 is 11.7 Å². The van der Waals surface area contributed by atoms with Crippen LogP contribution < -0.4 is 16.0 Å². The molecule has 0 bridgehead atoms. The Morgan fingerprint density at radius 3 is 3.17 bits per heavy atom. The van der Waals surface area contributed by atoms with Crippen LogP contribution in [0.4, 0.5) is 5.82 Å². The number of hydrogen-bond donors (Lipinski definition) is 3. The number of carbonyl (C=O) groups is 1. The second-order valence-electron chi connectivity index (χ2n) is 5.97. The summed E-state index contributed by atoms with van der Waals surface area (Å²) in [6.07, 6.45) is 1.82. The SMILES string of the molecule is Cc1cccc(C(=O)NCCNC[C@H]2CNc3ccnn3C2)c1. The first-order chi connectivity index (χ1) is 11.2.